The number of anilines is 6. The van der Waals surface area contributed by atoms with Gasteiger partial charge in [0.25, 0.3) is 0 Å². The van der Waals surface area contributed by atoms with Crippen molar-refractivity contribution in [2.45, 2.75) is 13.1 Å². The molecule has 2 nitrogen and oxygen atoms in total. The fourth-order valence-corrected chi connectivity index (χ4v) is 12.7. The summed E-state index contributed by atoms with van der Waals surface area (Å²) >= 11 is 0. The van der Waals surface area contributed by atoms with Gasteiger partial charge in [0, 0.05) is 34.1 Å². The second-order valence-corrected chi connectivity index (χ2v) is 20.5. The molecule has 0 amide bonds. The molecule has 10 aromatic rings. The van der Waals surface area contributed by atoms with Gasteiger partial charge in [-0.05, 0) is 150 Å². The van der Waals surface area contributed by atoms with Crippen LogP contribution in [0.1, 0.15) is 0 Å². The Morgan fingerprint density at radius 1 is 0.288 bits per heavy atom. The third-order valence-electron chi connectivity index (χ3n) is 12.4. The number of hydrogen-bond donors (Lipinski definition) is 0. The molecular formula is C56H42N2Si. The van der Waals surface area contributed by atoms with Crippen LogP contribution in [0, 0.1) is 0 Å². The molecule has 1 aliphatic heterocycles. The minimum absolute atomic E-state index is 1.13. The average molecular weight is 771 g/mol. The summed E-state index contributed by atoms with van der Waals surface area (Å²) in [5.41, 5.74) is 12.1. The van der Waals surface area contributed by atoms with E-state index >= 15 is 0 Å². The molecule has 280 valence electrons. The third kappa shape index (κ3) is 5.77. The second kappa shape index (κ2) is 14.0. The predicted molar refractivity (Wildman–Crippen MR) is 256 cm³/mol. The molecule has 0 saturated heterocycles. The van der Waals surface area contributed by atoms with Gasteiger partial charge in [0.1, 0.15) is 8.07 Å². The van der Waals surface area contributed by atoms with Crippen LogP contribution < -0.4 is 20.2 Å². The Bertz CT molecular complexity index is 3080. The maximum absolute atomic E-state index is 2.54. The van der Waals surface area contributed by atoms with E-state index in [2.05, 4.69) is 241 Å². The molecule has 0 fully saturated rings. The maximum Gasteiger partial charge on any atom is 0.113 e. The molecule has 0 bridgehead atoms. The van der Waals surface area contributed by atoms with E-state index in [-0.39, 0.29) is 0 Å². The lowest BCUT2D eigenvalue weighted by Gasteiger charge is -2.35. The molecular weight excluding hydrogens is 729 g/mol. The van der Waals surface area contributed by atoms with E-state index in [1.54, 1.807) is 0 Å². The van der Waals surface area contributed by atoms with Crippen LogP contribution in [0.2, 0.25) is 13.1 Å². The monoisotopic (exact) mass is 770 g/mol. The normalized spacial score (nSPS) is 12.7. The molecule has 0 atom stereocenters. The maximum atomic E-state index is 2.54. The summed E-state index contributed by atoms with van der Waals surface area (Å²) in [5, 5.41) is 10.9. The molecule has 3 heteroatoms. The van der Waals surface area contributed by atoms with Crippen LogP contribution in [0.15, 0.2) is 218 Å². The van der Waals surface area contributed by atoms with Crippen LogP contribution >= 0.6 is 0 Å². The summed E-state index contributed by atoms with van der Waals surface area (Å²) in [6.07, 6.45) is 0. The molecule has 0 aromatic heterocycles. The quantitative estimate of drug-likeness (QED) is 0.118. The number of nitrogens with zero attached hydrogens (tertiary/aromatic N) is 2. The minimum Gasteiger partial charge on any atom is -0.311 e. The van der Waals surface area contributed by atoms with Crippen molar-refractivity contribution >= 4 is 84.9 Å². The van der Waals surface area contributed by atoms with Crippen molar-refractivity contribution < 1.29 is 0 Å². The number of benzene rings is 10. The first-order valence-corrected chi connectivity index (χ1v) is 23.5. The molecule has 0 saturated carbocycles. The lowest BCUT2D eigenvalue weighted by atomic mass is 9.87. The van der Waals surface area contributed by atoms with Gasteiger partial charge in [0.05, 0.1) is 0 Å². The molecule has 10 aromatic carbocycles. The number of fused-ring (bicyclic) bond motifs is 6. The molecule has 1 aliphatic rings. The molecule has 0 spiro atoms. The van der Waals surface area contributed by atoms with Gasteiger partial charge in [-0.15, -0.1) is 0 Å². The van der Waals surface area contributed by atoms with Gasteiger partial charge >= 0.3 is 0 Å². The highest BCUT2D eigenvalue weighted by Gasteiger charge is 2.36. The van der Waals surface area contributed by atoms with Gasteiger partial charge in [0.2, 0.25) is 0 Å². The zero-order valence-electron chi connectivity index (χ0n) is 33.2. The van der Waals surface area contributed by atoms with E-state index in [1.165, 1.54) is 70.6 Å². The van der Waals surface area contributed by atoms with Crippen molar-refractivity contribution in [3.8, 4) is 22.3 Å². The van der Waals surface area contributed by atoms with Crippen molar-refractivity contribution in [2.75, 3.05) is 9.80 Å². The topological polar surface area (TPSA) is 6.48 Å². The number of hydrogen-bond acceptors (Lipinski definition) is 2. The Hall–Kier alpha value is -7.20. The van der Waals surface area contributed by atoms with Gasteiger partial charge in [-0.2, -0.15) is 0 Å². The highest BCUT2D eigenvalue weighted by atomic mass is 28.3. The Balaban J connectivity index is 1.09. The summed E-state index contributed by atoms with van der Waals surface area (Å²) in [6.45, 7) is 5.07. The van der Waals surface area contributed by atoms with Crippen LogP contribution in [0.5, 0.6) is 0 Å². The van der Waals surface area contributed by atoms with E-state index in [4.69, 9.17) is 0 Å². The van der Waals surface area contributed by atoms with Gasteiger partial charge in [-0.3, -0.25) is 0 Å². The van der Waals surface area contributed by atoms with Crippen LogP contribution in [0.4, 0.5) is 34.1 Å². The summed E-state index contributed by atoms with van der Waals surface area (Å²) < 4.78 is 0. The highest BCUT2D eigenvalue weighted by Crippen LogP contribution is 2.45. The molecule has 11 rings (SSSR count). The largest absolute Gasteiger partial charge is 0.311 e. The molecule has 59 heavy (non-hydrogen) atoms. The molecule has 0 aliphatic carbocycles. The van der Waals surface area contributed by atoms with Crippen molar-refractivity contribution in [3.63, 3.8) is 0 Å². The van der Waals surface area contributed by atoms with E-state index in [0.29, 0.717) is 0 Å². The first-order valence-electron chi connectivity index (χ1n) is 20.5. The van der Waals surface area contributed by atoms with Crippen molar-refractivity contribution in [2.24, 2.45) is 0 Å². The highest BCUT2D eigenvalue weighted by molar-refractivity contribution is 7.03. The number of para-hydroxylation sites is 4. The standard InChI is InChI=1S/C56H42N2Si/c1-59(2)54-29-17-28-49-52-37-50(39-30-32-44(33-31-39)57(40-18-7-3-8-19-40)41-20-9-4-10-21-41)46-26-15-16-27-47(46)51(52)38-53(56(49)54)48-35-34-45(36-55(48)59)58(42-22-11-5-12-23-42)43-24-13-6-14-25-43/h3-38H,1-2H3. The number of rotatable bonds is 7. The fraction of sp³-hybridized carbons (Fsp3) is 0.0357. The molecule has 0 unspecified atom stereocenters. The Kier molecular flexibility index (Phi) is 8.31. The van der Waals surface area contributed by atoms with E-state index in [0.717, 1.165) is 28.4 Å². The predicted octanol–water partition coefficient (Wildman–Crippen LogP) is 14.6. The second-order valence-electron chi connectivity index (χ2n) is 16.1. The van der Waals surface area contributed by atoms with Crippen LogP contribution in [-0.2, 0) is 0 Å². The summed E-state index contributed by atoms with van der Waals surface area (Å²) in [7, 11) is -2.16. The summed E-state index contributed by atoms with van der Waals surface area (Å²) in [5.74, 6) is 0. The zero-order chi connectivity index (χ0) is 39.5. The Morgan fingerprint density at radius 2 is 0.729 bits per heavy atom. The first-order chi connectivity index (χ1) is 29.0. The van der Waals surface area contributed by atoms with E-state index in [9.17, 15) is 0 Å². The Morgan fingerprint density at radius 3 is 1.31 bits per heavy atom. The summed E-state index contributed by atoms with van der Waals surface area (Å²) in [4.78, 5) is 4.72. The smallest absolute Gasteiger partial charge is 0.113 e. The SMILES string of the molecule is C[Si]1(C)c2cc(N(c3ccccc3)c3ccccc3)ccc2-c2cc3c4ccccc4c(-c4ccc(N(c5ccccc5)c5ccccc5)cc4)cc3c3cccc1c23. The van der Waals surface area contributed by atoms with Gasteiger partial charge in [0.15, 0.2) is 0 Å². The lowest BCUT2D eigenvalue weighted by molar-refractivity contribution is 1.28. The van der Waals surface area contributed by atoms with Crippen LogP contribution in [0.3, 0.4) is 0 Å². The van der Waals surface area contributed by atoms with E-state index in [1.807, 2.05) is 0 Å². The zero-order valence-corrected chi connectivity index (χ0v) is 34.2. The van der Waals surface area contributed by atoms with Gasteiger partial charge in [-0.1, -0.05) is 147 Å². The van der Waals surface area contributed by atoms with Crippen LogP contribution in [-0.4, -0.2) is 8.07 Å². The van der Waals surface area contributed by atoms with Crippen molar-refractivity contribution in [1.82, 2.24) is 0 Å². The lowest BCUT2D eigenvalue weighted by Crippen LogP contribution is -2.56. The van der Waals surface area contributed by atoms with Gasteiger partial charge < -0.3 is 9.80 Å². The van der Waals surface area contributed by atoms with Crippen molar-refractivity contribution in [3.05, 3.63) is 218 Å². The molecule has 1 heterocycles. The van der Waals surface area contributed by atoms with Gasteiger partial charge in [-0.25, -0.2) is 0 Å². The third-order valence-corrected chi connectivity index (χ3v) is 15.9. The first kappa shape index (κ1) is 35.0. The average Bonchev–Trinajstić information content (AvgIpc) is 3.30. The van der Waals surface area contributed by atoms with E-state index < -0.39 is 8.07 Å². The van der Waals surface area contributed by atoms with Crippen molar-refractivity contribution in [1.29, 1.82) is 0 Å². The van der Waals surface area contributed by atoms with Crippen LogP contribution in [0.25, 0.3) is 54.6 Å². The molecule has 0 N–H and O–H groups in total. The molecule has 0 radical (unpaired) electrons. The summed E-state index contributed by atoms with van der Waals surface area (Å²) in [6, 6.07) is 80.1. The Labute approximate surface area is 346 Å². The fourth-order valence-electron chi connectivity index (χ4n) is 9.59. The minimum atomic E-state index is -2.16.